The van der Waals surface area contributed by atoms with E-state index in [1.807, 2.05) is 19.9 Å². The van der Waals surface area contributed by atoms with Crippen LogP contribution in [0.2, 0.25) is 0 Å². The zero-order valence-electron chi connectivity index (χ0n) is 17.8. The van der Waals surface area contributed by atoms with Crippen LogP contribution in [0.5, 0.6) is 17.2 Å². The minimum Gasteiger partial charge on any atom is -0.759 e. The van der Waals surface area contributed by atoms with E-state index in [4.69, 9.17) is 49.0 Å². The third-order valence-corrected chi connectivity index (χ3v) is 4.47. The number of hydrogen-bond acceptors (Lipinski definition) is 5. The van der Waals surface area contributed by atoms with Crippen molar-refractivity contribution in [2.45, 2.75) is 30.9 Å². The number of methoxy groups -OCH3 is 1. The Hall–Kier alpha value is -2.38. The Labute approximate surface area is 202 Å². The minimum absolute atomic E-state index is 0.220. The van der Waals surface area contributed by atoms with Crippen LogP contribution in [0.1, 0.15) is 30.5 Å². The van der Waals surface area contributed by atoms with Crippen molar-refractivity contribution in [3.8, 4) is 17.2 Å². The molecule has 0 saturated heterocycles. The summed E-state index contributed by atoms with van der Waals surface area (Å²) < 4.78 is 15.0. The van der Waals surface area contributed by atoms with Crippen LogP contribution in [0.15, 0.2) is 54.1 Å². The van der Waals surface area contributed by atoms with Crippen molar-refractivity contribution >= 4 is 46.8 Å². The Morgan fingerprint density at radius 2 is 1.81 bits per heavy atom. The molecule has 0 heterocycles. The topological polar surface area (TPSA) is 79.9 Å². The van der Waals surface area contributed by atoms with E-state index in [0.717, 1.165) is 22.8 Å². The second-order valence-electron chi connectivity index (χ2n) is 6.93. The average molecular weight is 500 g/mol. The molecule has 32 heavy (non-hydrogen) atoms. The molecule has 0 fully saturated rings. The normalized spacial score (nSPS) is 11.2. The number of hydroxylamine groups is 1. The Bertz CT molecular complexity index is 978. The molecule has 0 spiro atoms. The average Bonchev–Trinajstić information content (AvgIpc) is 2.74. The van der Waals surface area contributed by atoms with Gasteiger partial charge in [-0.2, -0.15) is 0 Å². The molecule has 0 radical (unpaired) electrons. The Morgan fingerprint density at radius 3 is 2.38 bits per heavy atom. The van der Waals surface area contributed by atoms with Gasteiger partial charge in [-0.05, 0) is 91.0 Å². The summed E-state index contributed by atoms with van der Waals surface area (Å²) in [5, 5.41) is 10.6. The maximum absolute atomic E-state index is 11.4. The van der Waals surface area contributed by atoms with Gasteiger partial charge in [-0.15, -0.1) is 0 Å². The van der Waals surface area contributed by atoms with Crippen LogP contribution in [0.3, 0.4) is 0 Å². The Morgan fingerprint density at radius 1 is 1.12 bits per heavy atom. The van der Waals surface area contributed by atoms with E-state index in [0.29, 0.717) is 29.2 Å². The van der Waals surface area contributed by atoms with Gasteiger partial charge in [-0.25, -0.2) is 0 Å². The van der Waals surface area contributed by atoms with E-state index in [1.54, 1.807) is 43.5 Å². The van der Waals surface area contributed by atoms with Crippen molar-refractivity contribution in [3.05, 3.63) is 76.0 Å². The second kappa shape index (κ2) is 12.0. The van der Waals surface area contributed by atoms with Crippen molar-refractivity contribution in [2.75, 3.05) is 7.11 Å². The Balaban J connectivity index is 2.36. The van der Waals surface area contributed by atoms with E-state index in [2.05, 4.69) is 0 Å². The number of benzene rings is 2. The molecule has 1 N–H and O–H groups in total. The molecular formula is C23H23Cl3NO5-. The van der Waals surface area contributed by atoms with Crippen molar-refractivity contribution in [3.63, 3.8) is 0 Å². The summed E-state index contributed by atoms with van der Waals surface area (Å²) in [5.74, 6) is 0.821. The molecule has 0 atom stereocenters. The first-order valence-electron chi connectivity index (χ1n) is 9.54. The number of ether oxygens (including phenoxy) is 3. The van der Waals surface area contributed by atoms with Crippen LogP contribution >= 0.6 is 34.8 Å². The first-order valence-corrected chi connectivity index (χ1v) is 10.7. The molecule has 2 aromatic rings. The smallest absolute Gasteiger partial charge is 0.338 e. The van der Waals surface area contributed by atoms with Gasteiger partial charge >= 0.3 is 3.98 Å². The molecule has 6 nitrogen and oxygen atoms in total. The standard InChI is InChI=1S/C23H23Cl3NO5/c1-15(2)4-11-19-20(30-3)12-7-17(8-13-21(28)27-29)22(19)31-14-16-5-9-18(10-6-16)32-23(24,25)26/h4-10,12-13H,11,14H2,1-3H3,(H-,27,28,29)/q-1/b13-8+. The fourth-order valence-electron chi connectivity index (χ4n) is 2.76. The van der Waals surface area contributed by atoms with Crippen LogP contribution in [0.4, 0.5) is 0 Å². The predicted molar refractivity (Wildman–Crippen MR) is 128 cm³/mol. The number of nitrogens with one attached hydrogen (secondary N) is 1. The van der Waals surface area contributed by atoms with Crippen LogP contribution in [0.25, 0.3) is 6.08 Å². The van der Waals surface area contributed by atoms with E-state index < -0.39 is 9.89 Å². The first kappa shape index (κ1) is 25.9. The molecule has 2 rings (SSSR count). The molecule has 0 aromatic heterocycles. The van der Waals surface area contributed by atoms with Crippen molar-refractivity contribution in [1.82, 2.24) is 5.48 Å². The summed E-state index contributed by atoms with van der Waals surface area (Å²) >= 11 is 16.9. The number of carbonyl (C=O) groups is 1. The van der Waals surface area contributed by atoms with Gasteiger partial charge in [0.2, 0.25) is 5.91 Å². The molecule has 9 heteroatoms. The van der Waals surface area contributed by atoms with Crippen LogP contribution < -0.4 is 19.7 Å². The largest absolute Gasteiger partial charge is 0.759 e. The summed E-state index contributed by atoms with van der Waals surface area (Å²) in [5.41, 5.74) is 4.73. The summed E-state index contributed by atoms with van der Waals surface area (Å²) in [6, 6.07) is 10.4. The zero-order chi connectivity index (χ0) is 23.7. The highest BCUT2D eigenvalue weighted by molar-refractivity contribution is 6.66. The number of rotatable bonds is 9. The van der Waals surface area contributed by atoms with E-state index in [-0.39, 0.29) is 6.61 Å². The maximum atomic E-state index is 11.4. The van der Waals surface area contributed by atoms with Crippen LogP contribution in [-0.2, 0) is 17.8 Å². The molecule has 0 unspecified atom stereocenters. The zero-order valence-corrected chi connectivity index (χ0v) is 20.1. The van der Waals surface area contributed by atoms with Gasteiger partial charge in [0.1, 0.15) is 23.9 Å². The van der Waals surface area contributed by atoms with Gasteiger partial charge in [0.15, 0.2) is 0 Å². The van der Waals surface area contributed by atoms with Gasteiger partial charge in [0.05, 0.1) is 7.11 Å². The lowest BCUT2D eigenvalue weighted by Crippen LogP contribution is -2.12. The summed E-state index contributed by atoms with van der Waals surface area (Å²) in [7, 11) is 1.58. The highest BCUT2D eigenvalue weighted by Crippen LogP contribution is 2.35. The van der Waals surface area contributed by atoms with Crippen molar-refractivity contribution in [1.29, 1.82) is 0 Å². The van der Waals surface area contributed by atoms with Gasteiger partial charge < -0.3 is 24.9 Å². The highest BCUT2D eigenvalue weighted by atomic mass is 35.6. The fourth-order valence-corrected chi connectivity index (χ4v) is 3.03. The molecule has 172 valence electrons. The lowest BCUT2D eigenvalue weighted by molar-refractivity contribution is -0.115. The van der Waals surface area contributed by atoms with Crippen molar-refractivity contribution < 1.29 is 19.0 Å². The number of hydrogen-bond donors (Lipinski definition) is 1. The SMILES string of the molecule is COc1ccc(/C=C/C(=O)N[O-])c(OCc2ccc(OC(Cl)(Cl)Cl)cc2)c1CC=C(C)C. The predicted octanol–water partition coefficient (Wildman–Crippen LogP) is 6.12. The molecule has 0 bridgehead atoms. The monoisotopic (exact) mass is 498 g/mol. The van der Waals surface area contributed by atoms with Gasteiger partial charge in [-0.3, -0.25) is 4.79 Å². The Kier molecular flexibility index (Phi) is 9.72. The minimum atomic E-state index is -1.85. The van der Waals surface area contributed by atoms with Gasteiger partial charge in [0, 0.05) is 17.2 Å². The fraction of sp³-hybridized carbons (Fsp3) is 0.261. The van der Waals surface area contributed by atoms with Crippen molar-refractivity contribution in [2.24, 2.45) is 0 Å². The number of amides is 1. The number of carbonyl (C=O) groups excluding carboxylic acids is 1. The summed E-state index contributed by atoms with van der Waals surface area (Å²) in [6.07, 6.45) is 5.28. The quantitative estimate of drug-likeness (QED) is 0.195. The lowest BCUT2D eigenvalue weighted by Gasteiger charge is -2.18. The lowest BCUT2D eigenvalue weighted by atomic mass is 10.0. The maximum Gasteiger partial charge on any atom is 0.338 e. The number of allylic oxidation sites excluding steroid dienone is 2. The van der Waals surface area contributed by atoms with E-state index in [9.17, 15) is 10.0 Å². The van der Waals surface area contributed by atoms with Gasteiger partial charge in [-0.1, -0.05) is 23.8 Å². The third kappa shape index (κ3) is 8.28. The van der Waals surface area contributed by atoms with Crippen LogP contribution in [-0.4, -0.2) is 17.0 Å². The molecular weight excluding hydrogens is 477 g/mol. The van der Waals surface area contributed by atoms with Gasteiger partial charge in [0.25, 0.3) is 0 Å². The first-order chi connectivity index (χ1) is 15.1. The number of alkyl halides is 3. The molecule has 0 saturated carbocycles. The molecule has 2 aromatic carbocycles. The highest BCUT2D eigenvalue weighted by Gasteiger charge is 2.21. The molecule has 0 aliphatic heterocycles. The molecule has 0 aliphatic rings. The van der Waals surface area contributed by atoms with E-state index in [1.165, 1.54) is 11.6 Å². The molecule has 1 amide bonds. The number of halogens is 3. The summed E-state index contributed by atoms with van der Waals surface area (Å²) in [6.45, 7) is 4.21. The summed E-state index contributed by atoms with van der Waals surface area (Å²) in [4.78, 5) is 11.4. The molecule has 0 aliphatic carbocycles. The third-order valence-electron chi connectivity index (χ3n) is 4.24. The van der Waals surface area contributed by atoms with Crippen LogP contribution in [0, 0.1) is 5.21 Å². The second-order valence-corrected chi connectivity index (χ2v) is 9.11. The van der Waals surface area contributed by atoms with E-state index >= 15 is 0 Å².